The molecule has 0 spiro atoms. The van der Waals surface area contributed by atoms with Gasteiger partial charge in [-0.15, -0.1) is 11.3 Å². The van der Waals surface area contributed by atoms with Crippen LogP contribution in [0.2, 0.25) is 0 Å². The van der Waals surface area contributed by atoms with Crippen molar-refractivity contribution in [3.05, 3.63) is 46.2 Å². The molecule has 0 aliphatic carbocycles. The second kappa shape index (κ2) is 6.11. The minimum atomic E-state index is -4.62. The van der Waals surface area contributed by atoms with E-state index in [1.165, 1.54) is 29.5 Å². The quantitative estimate of drug-likeness (QED) is 0.892. The molecule has 0 amide bonds. The summed E-state index contributed by atoms with van der Waals surface area (Å²) in [7, 11) is -4.62. The van der Waals surface area contributed by atoms with Gasteiger partial charge in [0, 0.05) is 4.88 Å². The van der Waals surface area contributed by atoms with Crippen molar-refractivity contribution in [3.8, 4) is 0 Å². The van der Waals surface area contributed by atoms with Crippen LogP contribution in [-0.4, -0.2) is 14.2 Å². The third-order valence-electron chi connectivity index (χ3n) is 3.10. The molecule has 2 rings (SSSR count). The first kappa shape index (κ1) is 15.9. The van der Waals surface area contributed by atoms with Gasteiger partial charge in [0.1, 0.15) is 0 Å². The molecule has 0 fully saturated rings. The van der Waals surface area contributed by atoms with Crippen molar-refractivity contribution < 1.29 is 17.2 Å². The van der Waals surface area contributed by atoms with Gasteiger partial charge in [-0.2, -0.15) is 8.78 Å². The van der Waals surface area contributed by atoms with Crippen LogP contribution in [-0.2, 0) is 9.84 Å². The van der Waals surface area contributed by atoms with Gasteiger partial charge in [0.15, 0.2) is 0 Å². The normalized spacial score (nSPS) is 13.4. The van der Waals surface area contributed by atoms with Gasteiger partial charge in [-0.3, -0.25) is 0 Å². The summed E-state index contributed by atoms with van der Waals surface area (Å²) in [5.41, 5.74) is 1.27. The summed E-state index contributed by atoms with van der Waals surface area (Å²) in [6.45, 7) is 3.82. The molecule has 1 aromatic carbocycles. The van der Waals surface area contributed by atoms with Crippen LogP contribution in [0.3, 0.4) is 0 Å². The molecular formula is C14H15F2NO2S2. The zero-order valence-corrected chi connectivity index (χ0v) is 13.1. The van der Waals surface area contributed by atoms with E-state index in [1.54, 1.807) is 6.07 Å². The van der Waals surface area contributed by atoms with Crippen LogP contribution in [0.4, 0.5) is 14.5 Å². The van der Waals surface area contributed by atoms with Gasteiger partial charge < -0.3 is 5.32 Å². The molecule has 0 saturated heterocycles. The second-order valence-electron chi connectivity index (χ2n) is 4.64. The van der Waals surface area contributed by atoms with Gasteiger partial charge in [-0.05, 0) is 43.0 Å². The Balaban J connectivity index is 2.36. The van der Waals surface area contributed by atoms with Crippen molar-refractivity contribution in [1.29, 1.82) is 0 Å². The van der Waals surface area contributed by atoms with Gasteiger partial charge >= 0.3 is 5.76 Å². The number of thiophene rings is 1. The molecule has 1 unspecified atom stereocenters. The van der Waals surface area contributed by atoms with E-state index >= 15 is 0 Å². The van der Waals surface area contributed by atoms with Gasteiger partial charge in [0.2, 0.25) is 9.84 Å². The smallest absolute Gasteiger partial charge is 0.341 e. The molecule has 0 saturated carbocycles. The zero-order valence-electron chi connectivity index (χ0n) is 11.5. The molecule has 0 bridgehead atoms. The first-order valence-corrected chi connectivity index (χ1v) is 8.68. The fourth-order valence-electron chi connectivity index (χ4n) is 2.06. The van der Waals surface area contributed by atoms with Crippen molar-refractivity contribution >= 4 is 26.9 Å². The Labute approximate surface area is 126 Å². The molecule has 1 heterocycles. The average molecular weight is 331 g/mol. The second-order valence-corrected chi connectivity index (χ2v) is 7.47. The molecule has 1 aromatic heterocycles. The van der Waals surface area contributed by atoms with E-state index < -0.39 is 15.6 Å². The predicted octanol–water partition coefficient (Wildman–Crippen LogP) is 4.23. The fourth-order valence-corrected chi connectivity index (χ4v) is 3.89. The van der Waals surface area contributed by atoms with Crippen LogP contribution >= 0.6 is 11.3 Å². The topological polar surface area (TPSA) is 46.2 Å². The maximum absolute atomic E-state index is 12.7. The highest BCUT2D eigenvalue weighted by atomic mass is 32.2. The number of hydrogen-bond donors (Lipinski definition) is 1. The molecule has 0 radical (unpaired) electrons. The van der Waals surface area contributed by atoms with E-state index in [2.05, 4.69) is 5.32 Å². The van der Waals surface area contributed by atoms with E-state index in [0.717, 1.165) is 10.4 Å². The maximum atomic E-state index is 12.7. The summed E-state index contributed by atoms with van der Waals surface area (Å²) in [5, 5.41) is 4.95. The molecular weight excluding hydrogens is 316 g/mol. The number of para-hydroxylation sites is 1. The fraction of sp³-hybridized carbons (Fsp3) is 0.286. The number of hydrogen-bond acceptors (Lipinski definition) is 4. The molecule has 2 aromatic rings. The number of anilines is 1. The molecule has 1 atom stereocenters. The lowest BCUT2D eigenvalue weighted by molar-refractivity contribution is 0.235. The van der Waals surface area contributed by atoms with Crippen molar-refractivity contribution in [2.75, 3.05) is 5.32 Å². The predicted molar refractivity (Wildman–Crippen MR) is 80.7 cm³/mol. The number of halogens is 2. The van der Waals surface area contributed by atoms with Gasteiger partial charge in [-0.25, -0.2) is 8.42 Å². The summed E-state index contributed by atoms with van der Waals surface area (Å²) in [4.78, 5) is 0.667. The number of rotatable bonds is 5. The first-order chi connectivity index (χ1) is 9.84. The first-order valence-electron chi connectivity index (χ1n) is 6.25. The van der Waals surface area contributed by atoms with Crippen LogP contribution < -0.4 is 5.32 Å². The lowest BCUT2D eigenvalue weighted by Gasteiger charge is -2.18. The molecule has 7 heteroatoms. The Morgan fingerprint density at radius 3 is 2.43 bits per heavy atom. The Hall–Kier alpha value is -1.47. The highest BCUT2D eigenvalue weighted by Crippen LogP contribution is 2.31. The largest absolute Gasteiger partial charge is 0.377 e. The number of alkyl halides is 2. The molecule has 0 aliphatic heterocycles. The van der Waals surface area contributed by atoms with E-state index in [-0.39, 0.29) is 16.6 Å². The lowest BCUT2D eigenvalue weighted by atomic mass is 10.2. The molecule has 21 heavy (non-hydrogen) atoms. The van der Waals surface area contributed by atoms with E-state index in [4.69, 9.17) is 0 Å². The SMILES string of the molecule is Cc1ccsc1C(C)Nc1ccccc1S(=O)(=O)C(F)F. The number of benzene rings is 1. The summed E-state index contributed by atoms with van der Waals surface area (Å²) < 4.78 is 48.9. The Morgan fingerprint density at radius 2 is 1.86 bits per heavy atom. The van der Waals surface area contributed by atoms with Crippen LogP contribution in [0.25, 0.3) is 0 Å². The van der Waals surface area contributed by atoms with Gasteiger partial charge in [-0.1, -0.05) is 12.1 Å². The molecule has 1 N–H and O–H groups in total. The standard InChI is InChI=1S/C14H15F2NO2S2/c1-9-7-8-20-13(9)10(2)17-11-5-3-4-6-12(11)21(18,19)14(15)16/h3-8,10,14,17H,1-2H3. The molecule has 114 valence electrons. The van der Waals surface area contributed by atoms with Crippen LogP contribution in [0, 0.1) is 6.92 Å². The minimum absolute atomic E-state index is 0.168. The monoisotopic (exact) mass is 331 g/mol. The number of nitrogens with one attached hydrogen (secondary N) is 1. The minimum Gasteiger partial charge on any atom is -0.377 e. The van der Waals surface area contributed by atoms with E-state index in [9.17, 15) is 17.2 Å². The van der Waals surface area contributed by atoms with Crippen molar-refractivity contribution in [2.45, 2.75) is 30.5 Å². The van der Waals surface area contributed by atoms with Crippen LogP contribution in [0.1, 0.15) is 23.4 Å². The summed E-state index contributed by atoms with van der Waals surface area (Å²) in [6.07, 6.45) is 0. The number of sulfone groups is 1. The van der Waals surface area contributed by atoms with Gasteiger partial charge in [0.25, 0.3) is 0 Å². The zero-order chi connectivity index (χ0) is 15.6. The summed E-state index contributed by atoms with van der Waals surface area (Å²) in [6, 6.07) is 7.52. The van der Waals surface area contributed by atoms with E-state index in [0.29, 0.717) is 0 Å². The summed E-state index contributed by atoms with van der Waals surface area (Å²) >= 11 is 1.54. The maximum Gasteiger partial charge on any atom is 0.341 e. The third-order valence-corrected chi connectivity index (χ3v) is 5.73. The lowest BCUT2D eigenvalue weighted by Crippen LogP contribution is -2.15. The molecule has 0 aliphatic rings. The Morgan fingerprint density at radius 1 is 1.19 bits per heavy atom. The highest BCUT2D eigenvalue weighted by molar-refractivity contribution is 7.91. The summed E-state index contributed by atoms with van der Waals surface area (Å²) in [5.74, 6) is -3.43. The van der Waals surface area contributed by atoms with Crippen molar-refractivity contribution in [1.82, 2.24) is 0 Å². The molecule has 3 nitrogen and oxygen atoms in total. The Bertz CT molecular complexity index is 726. The van der Waals surface area contributed by atoms with Crippen LogP contribution in [0.15, 0.2) is 40.6 Å². The highest BCUT2D eigenvalue weighted by Gasteiger charge is 2.29. The van der Waals surface area contributed by atoms with Gasteiger partial charge in [0.05, 0.1) is 16.6 Å². The van der Waals surface area contributed by atoms with Crippen molar-refractivity contribution in [3.63, 3.8) is 0 Å². The number of aryl methyl sites for hydroxylation is 1. The van der Waals surface area contributed by atoms with Crippen LogP contribution in [0.5, 0.6) is 0 Å². The average Bonchev–Trinajstić information content (AvgIpc) is 2.85. The Kier molecular flexibility index (Phi) is 4.63. The van der Waals surface area contributed by atoms with E-state index in [1.807, 2.05) is 25.3 Å². The van der Waals surface area contributed by atoms with Crippen molar-refractivity contribution in [2.24, 2.45) is 0 Å². The third kappa shape index (κ3) is 3.24.